The highest BCUT2D eigenvalue weighted by molar-refractivity contribution is 5.37. The normalized spacial score (nSPS) is 12.2. The van der Waals surface area contributed by atoms with Crippen LogP contribution in [0.5, 0.6) is 17.2 Å². The second kappa shape index (κ2) is 7.68. The molecule has 0 fully saturated rings. The van der Waals surface area contributed by atoms with Crippen LogP contribution >= 0.6 is 0 Å². The van der Waals surface area contributed by atoms with E-state index in [1.165, 1.54) is 18.2 Å². The van der Waals surface area contributed by atoms with Crippen molar-refractivity contribution in [3.8, 4) is 17.2 Å². The van der Waals surface area contributed by atoms with Crippen LogP contribution in [0.25, 0.3) is 0 Å². The minimum Gasteiger partial charge on any atom is -0.508 e. The van der Waals surface area contributed by atoms with Gasteiger partial charge in [-0.25, -0.2) is 0 Å². The van der Waals surface area contributed by atoms with Gasteiger partial charge in [0.2, 0.25) is 0 Å². The summed E-state index contributed by atoms with van der Waals surface area (Å²) < 4.78 is 0. The van der Waals surface area contributed by atoms with Gasteiger partial charge in [-0.1, -0.05) is 12.1 Å². The molecule has 0 aliphatic carbocycles. The Morgan fingerprint density at radius 1 is 0.864 bits per heavy atom. The van der Waals surface area contributed by atoms with Gasteiger partial charge in [0, 0.05) is 12.6 Å². The third kappa shape index (κ3) is 4.95. The molecule has 0 aliphatic heterocycles. The molecule has 5 heteroatoms. The number of phenolic OH excluding ortho intramolecular Hbond substituents is 3. The molecule has 22 heavy (non-hydrogen) atoms. The topological polar surface area (TPSA) is 93.0 Å². The van der Waals surface area contributed by atoms with E-state index in [4.69, 9.17) is 0 Å². The van der Waals surface area contributed by atoms with Gasteiger partial charge in [0.05, 0.1) is 6.10 Å². The number of aliphatic hydroxyl groups excluding tert-OH is 1. The lowest BCUT2D eigenvalue weighted by molar-refractivity contribution is 0.174. The average Bonchev–Trinajstić information content (AvgIpc) is 2.47. The third-order valence-electron chi connectivity index (χ3n) is 3.40. The van der Waals surface area contributed by atoms with Crippen molar-refractivity contribution in [2.45, 2.75) is 18.9 Å². The lowest BCUT2D eigenvalue weighted by Crippen LogP contribution is -2.22. The summed E-state index contributed by atoms with van der Waals surface area (Å²) in [5.41, 5.74) is 1.63. The van der Waals surface area contributed by atoms with Crippen molar-refractivity contribution < 1.29 is 20.4 Å². The molecule has 0 amide bonds. The van der Waals surface area contributed by atoms with E-state index in [0.29, 0.717) is 12.1 Å². The van der Waals surface area contributed by atoms with Gasteiger partial charge in [-0.05, 0) is 54.8 Å². The molecule has 2 aromatic rings. The number of phenols is 3. The molecule has 5 N–H and O–H groups in total. The summed E-state index contributed by atoms with van der Waals surface area (Å²) in [6.45, 7) is 1.08. The Morgan fingerprint density at radius 2 is 1.50 bits per heavy atom. The number of aryl methyl sites for hydroxylation is 1. The summed E-state index contributed by atoms with van der Waals surface area (Å²) in [6, 6.07) is 11.2. The first-order chi connectivity index (χ1) is 10.5. The number of aromatic hydroxyl groups is 3. The molecule has 2 aromatic carbocycles. The lowest BCUT2D eigenvalue weighted by Gasteiger charge is -2.13. The average molecular weight is 303 g/mol. The highest BCUT2D eigenvalue weighted by Crippen LogP contribution is 2.24. The molecule has 0 spiro atoms. The second-order valence-corrected chi connectivity index (χ2v) is 5.27. The van der Waals surface area contributed by atoms with Crippen molar-refractivity contribution in [3.05, 3.63) is 53.6 Å². The van der Waals surface area contributed by atoms with E-state index in [2.05, 4.69) is 5.32 Å². The Kier molecular flexibility index (Phi) is 5.63. The molecular weight excluding hydrogens is 282 g/mol. The minimum absolute atomic E-state index is 0.0682. The van der Waals surface area contributed by atoms with Crippen molar-refractivity contribution in [2.75, 3.05) is 13.1 Å². The monoisotopic (exact) mass is 303 g/mol. The van der Waals surface area contributed by atoms with E-state index in [0.717, 1.165) is 24.9 Å². The van der Waals surface area contributed by atoms with Crippen molar-refractivity contribution in [1.29, 1.82) is 0 Å². The molecule has 5 nitrogen and oxygen atoms in total. The molecule has 0 bridgehead atoms. The van der Waals surface area contributed by atoms with E-state index in [9.17, 15) is 20.4 Å². The number of hydrogen-bond donors (Lipinski definition) is 5. The van der Waals surface area contributed by atoms with Gasteiger partial charge in [-0.3, -0.25) is 0 Å². The lowest BCUT2D eigenvalue weighted by atomic mass is 10.1. The Balaban J connectivity index is 1.70. The maximum Gasteiger partial charge on any atom is 0.119 e. The first kappa shape index (κ1) is 16.1. The van der Waals surface area contributed by atoms with Gasteiger partial charge in [-0.2, -0.15) is 0 Å². The fourth-order valence-electron chi connectivity index (χ4n) is 2.25. The zero-order chi connectivity index (χ0) is 15.9. The maximum absolute atomic E-state index is 10.0. The van der Waals surface area contributed by atoms with Crippen LogP contribution in [-0.2, 0) is 6.42 Å². The van der Waals surface area contributed by atoms with Crippen LogP contribution in [0.15, 0.2) is 42.5 Å². The number of aliphatic hydroxyl groups is 1. The maximum atomic E-state index is 10.0. The van der Waals surface area contributed by atoms with Gasteiger partial charge >= 0.3 is 0 Å². The molecule has 0 radical (unpaired) electrons. The largest absolute Gasteiger partial charge is 0.508 e. The molecule has 118 valence electrons. The van der Waals surface area contributed by atoms with Gasteiger partial charge in [0.25, 0.3) is 0 Å². The van der Waals surface area contributed by atoms with Crippen molar-refractivity contribution in [2.24, 2.45) is 0 Å². The van der Waals surface area contributed by atoms with Gasteiger partial charge in [0.1, 0.15) is 17.2 Å². The van der Waals surface area contributed by atoms with E-state index >= 15 is 0 Å². The molecule has 0 saturated heterocycles. The Hall–Kier alpha value is -2.24. The number of rotatable bonds is 7. The summed E-state index contributed by atoms with van der Waals surface area (Å²) in [6.07, 6.45) is 1.01. The predicted octanol–water partition coefficient (Wildman–Crippen LogP) is 2.06. The molecule has 0 aliphatic rings. The van der Waals surface area contributed by atoms with Crippen molar-refractivity contribution >= 4 is 0 Å². The Labute approximate surface area is 129 Å². The molecule has 0 heterocycles. The summed E-state index contributed by atoms with van der Waals surface area (Å²) in [5.74, 6) is 0.127. The SMILES string of the molecule is Oc1ccc(CCCNCC(O)c2cc(O)cc(O)c2)cc1. The van der Waals surface area contributed by atoms with Crippen LogP contribution in [-0.4, -0.2) is 33.5 Å². The first-order valence-electron chi connectivity index (χ1n) is 7.24. The van der Waals surface area contributed by atoms with Crippen molar-refractivity contribution in [3.63, 3.8) is 0 Å². The fourth-order valence-corrected chi connectivity index (χ4v) is 2.25. The predicted molar refractivity (Wildman–Crippen MR) is 84.0 cm³/mol. The van der Waals surface area contributed by atoms with Gasteiger partial charge in [0.15, 0.2) is 0 Å². The van der Waals surface area contributed by atoms with E-state index in [1.807, 2.05) is 12.1 Å². The zero-order valence-corrected chi connectivity index (χ0v) is 12.2. The first-order valence-corrected chi connectivity index (χ1v) is 7.24. The smallest absolute Gasteiger partial charge is 0.119 e. The van der Waals surface area contributed by atoms with Crippen LogP contribution < -0.4 is 5.32 Å². The quantitative estimate of drug-likeness (QED) is 0.505. The highest BCUT2D eigenvalue weighted by atomic mass is 16.3. The molecular formula is C17H21NO4. The van der Waals surface area contributed by atoms with Crippen LogP contribution in [0.3, 0.4) is 0 Å². The number of hydrogen-bond acceptors (Lipinski definition) is 5. The molecule has 2 rings (SSSR count). The third-order valence-corrected chi connectivity index (χ3v) is 3.40. The van der Waals surface area contributed by atoms with Gasteiger partial charge in [-0.15, -0.1) is 0 Å². The highest BCUT2D eigenvalue weighted by Gasteiger charge is 2.09. The molecule has 0 aromatic heterocycles. The van der Waals surface area contributed by atoms with E-state index in [1.54, 1.807) is 12.1 Å². The summed E-state index contributed by atoms with van der Waals surface area (Å²) >= 11 is 0. The summed E-state index contributed by atoms with van der Waals surface area (Å²) in [5, 5.41) is 41.1. The van der Waals surface area contributed by atoms with Gasteiger partial charge < -0.3 is 25.7 Å². The molecule has 1 atom stereocenters. The summed E-state index contributed by atoms with van der Waals surface area (Å²) in [7, 11) is 0. The number of nitrogens with one attached hydrogen (secondary N) is 1. The van der Waals surface area contributed by atoms with E-state index < -0.39 is 6.10 Å². The van der Waals surface area contributed by atoms with Crippen LogP contribution in [0.2, 0.25) is 0 Å². The molecule has 0 saturated carbocycles. The zero-order valence-electron chi connectivity index (χ0n) is 12.2. The standard InChI is InChI=1S/C17H21NO4/c19-14-5-3-12(4-6-14)2-1-7-18-11-17(22)13-8-15(20)10-16(21)9-13/h3-6,8-10,17-22H,1-2,7,11H2. The van der Waals surface area contributed by atoms with E-state index in [-0.39, 0.29) is 17.2 Å². The fraction of sp³-hybridized carbons (Fsp3) is 0.294. The number of benzene rings is 2. The van der Waals surface area contributed by atoms with Crippen LogP contribution in [0, 0.1) is 0 Å². The van der Waals surface area contributed by atoms with Crippen LogP contribution in [0.4, 0.5) is 0 Å². The second-order valence-electron chi connectivity index (χ2n) is 5.27. The Morgan fingerprint density at radius 3 is 2.14 bits per heavy atom. The van der Waals surface area contributed by atoms with Crippen LogP contribution in [0.1, 0.15) is 23.7 Å². The Bertz CT molecular complexity index is 578. The molecule has 1 unspecified atom stereocenters. The van der Waals surface area contributed by atoms with Crippen molar-refractivity contribution in [1.82, 2.24) is 5.32 Å². The minimum atomic E-state index is -0.785. The summed E-state index contributed by atoms with van der Waals surface area (Å²) in [4.78, 5) is 0.